The van der Waals surface area contributed by atoms with Gasteiger partial charge in [0.2, 0.25) is 10.0 Å². The third kappa shape index (κ3) is 5.17. The minimum atomic E-state index is -3.55. The number of nitrogens with one attached hydrogen (secondary N) is 1. The summed E-state index contributed by atoms with van der Waals surface area (Å²) in [6.45, 7) is 6.22. The molecule has 0 bridgehead atoms. The summed E-state index contributed by atoms with van der Waals surface area (Å²) in [5.74, 6) is 0. The summed E-state index contributed by atoms with van der Waals surface area (Å²) in [5, 5.41) is 0. The summed E-state index contributed by atoms with van der Waals surface area (Å²) in [4.78, 5) is 13.8. The van der Waals surface area contributed by atoms with E-state index in [0.717, 1.165) is 28.0 Å². The van der Waals surface area contributed by atoms with Crippen LogP contribution in [0.15, 0.2) is 20.1 Å². The van der Waals surface area contributed by atoms with Crippen molar-refractivity contribution in [3.8, 4) is 0 Å². The van der Waals surface area contributed by atoms with Gasteiger partial charge in [0.15, 0.2) is 0 Å². The van der Waals surface area contributed by atoms with Crippen molar-refractivity contribution in [2.75, 3.05) is 13.1 Å². The number of halogens is 1. The number of hydrogen-bond acceptors (Lipinski definition) is 5. The van der Waals surface area contributed by atoms with Crippen LogP contribution < -0.4 is 4.72 Å². The number of amides is 1. The molecule has 1 aliphatic rings. The predicted molar refractivity (Wildman–Crippen MR) is 93.2 cm³/mol. The van der Waals surface area contributed by atoms with Crippen LogP contribution in [0.5, 0.6) is 0 Å². The van der Waals surface area contributed by atoms with Crippen LogP contribution in [0.3, 0.4) is 0 Å². The average Bonchev–Trinajstić information content (AvgIpc) is 3.03. The molecule has 2 heterocycles. The van der Waals surface area contributed by atoms with Gasteiger partial charge in [0.1, 0.15) is 9.81 Å². The number of likely N-dealkylation sites (tertiary alicyclic amines) is 1. The van der Waals surface area contributed by atoms with Gasteiger partial charge in [0.05, 0.1) is 3.79 Å². The normalized spacial score (nSPS) is 19.1. The molecule has 1 atom stereocenters. The first-order valence-corrected chi connectivity index (χ1v) is 10.4. The summed E-state index contributed by atoms with van der Waals surface area (Å²) in [7, 11) is -3.55. The van der Waals surface area contributed by atoms with Gasteiger partial charge in [-0.1, -0.05) is 0 Å². The number of carbonyl (C=O) groups excluding carboxylic acids is 1. The number of carbonyl (C=O) groups is 1. The van der Waals surface area contributed by atoms with Crippen LogP contribution in [0.1, 0.15) is 33.6 Å². The van der Waals surface area contributed by atoms with E-state index in [4.69, 9.17) is 4.74 Å². The molecule has 1 unspecified atom stereocenters. The molecule has 1 amide bonds. The SMILES string of the molecule is CC(C)(C)OC(=O)N1CCCC1CNS(=O)(=O)c1ccc(Br)s1. The highest BCUT2D eigenvalue weighted by atomic mass is 79.9. The molecule has 1 saturated heterocycles. The fourth-order valence-corrected chi connectivity index (χ4v) is 5.46. The molecule has 6 nitrogen and oxygen atoms in total. The maximum Gasteiger partial charge on any atom is 0.410 e. The quantitative estimate of drug-likeness (QED) is 0.804. The van der Waals surface area contributed by atoms with Crippen molar-refractivity contribution in [2.24, 2.45) is 0 Å². The van der Waals surface area contributed by atoms with Gasteiger partial charge in [-0.15, -0.1) is 11.3 Å². The summed E-state index contributed by atoms with van der Waals surface area (Å²) < 4.78 is 33.5. The molecule has 1 fully saturated rings. The van der Waals surface area contributed by atoms with E-state index in [-0.39, 0.29) is 16.8 Å². The largest absolute Gasteiger partial charge is 0.444 e. The Balaban J connectivity index is 1.98. The zero-order valence-corrected chi connectivity index (χ0v) is 16.6. The molecular formula is C14H21BrN2O4S2. The fourth-order valence-electron chi connectivity index (χ4n) is 2.33. The van der Waals surface area contributed by atoms with Crippen molar-refractivity contribution in [3.05, 3.63) is 15.9 Å². The second kappa shape index (κ2) is 7.08. The minimum absolute atomic E-state index is 0.178. The van der Waals surface area contributed by atoms with E-state index in [9.17, 15) is 13.2 Å². The van der Waals surface area contributed by atoms with E-state index in [1.165, 1.54) is 0 Å². The van der Waals surface area contributed by atoms with E-state index in [0.29, 0.717) is 6.54 Å². The molecule has 1 aliphatic heterocycles. The Kier molecular flexibility index (Phi) is 5.76. The number of ether oxygens (including phenoxy) is 1. The molecule has 9 heteroatoms. The molecule has 0 spiro atoms. The van der Waals surface area contributed by atoms with Crippen molar-refractivity contribution in [2.45, 2.75) is 49.5 Å². The predicted octanol–water partition coefficient (Wildman–Crippen LogP) is 3.19. The van der Waals surface area contributed by atoms with Crippen molar-refractivity contribution in [1.82, 2.24) is 9.62 Å². The van der Waals surface area contributed by atoms with E-state index < -0.39 is 21.7 Å². The Hall–Kier alpha value is -0.640. The highest BCUT2D eigenvalue weighted by Gasteiger charge is 2.33. The van der Waals surface area contributed by atoms with Gasteiger partial charge in [-0.3, -0.25) is 0 Å². The van der Waals surface area contributed by atoms with Gasteiger partial charge >= 0.3 is 6.09 Å². The summed E-state index contributed by atoms with van der Waals surface area (Å²) in [6, 6.07) is 3.07. The highest BCUT2D eigenvalue weighted by molar-refractivity contribution is 9.11. The smallest absolute Gasteiger partial charge is 0.410 e. The Bertz CT molecular complexity index is 667. The van der Waals surface area contributed by atoms with Gasteiger partial charge < -0.3 is 9.64 Å². The number of thiophene rings is 1. The third-order valence-corrected chi connectivity index (χ3v) is 6.87. The Morgan fingerprint density at radius 3 is 2.74 bits per heavy atom. The van der Waals surface area contributed by atoms with Gasteiger partial charge in [0, 0.05) is 19.1 Å². The first-order valence-electron chi connectivity index (χ1n) is 7.33. The van der Waals surface area contributed by atoms with E-state index in [2.05, 4.69) is 20.7 Å². The highest BCUT2D eigenvalue weighted by Crippen LogP contribution is 2.26. The Morgan fingerprint density at radius 2 is 2.17 bits per heavy atom. The van der Waals surface area contributed by atoms with E-state index >= 15 is 0 Å². The maximum atomic E-state index is 12.3. The topological polar surface area (TPSA) is 75.7 Å². The van der Waals surface area contributed by atoms with Crippen molar-refractivity contribution in [1.29, 1.82) is 0 Å². The van der Waals surface area contributed by atoms with Gasteiger partial charge in [-0.25, -0.2) is 17.9 Å². The van der Waals surface area contributed by atoms with Gasteiger partial charge in [-0.2, -0.15) is 0 Å². The van der Waals surface area contributed by atoms with Crippen molar-refractivity contribution in [3.63, 3.8) is 0 Å². The lowest BCUT2D eigenvalue weighted by Gasteiger charge is -2.28. The second-order valence-electron chi connectivity index (χ2n) is 6.38. The molecule has 1 N–H and O–H groups in total. The van der Waals surface area contributed by atoms with Crippen LogP contribution >= 0.6 is 27.3 Å². The molecular weight excluding hydrogens is 404 g/mol. The monoisotopic (exact) mass is 424 g/mol. The zero-order chi connectivity index (χ0) is 17.3. The summed E-state index contributed by atoms with van der Waals surface area (Å²) in [6.07, 6.45) is 1.21. The van der Waals surface area contributed by atoms with Crippen molar-refractivity contribution < 1.29 is 17.9 Å². The molecule has 130 valence electrons. The standard InChI is InChI=1S/C14H21BrN2O4S2/c1-14(2,3)21-13(18)17-8-4-5-10(17)9-16-23(19,20)12-7-6-11(15)22-12/h6-7,10,16H,4-5,8-9H2,1-3H3. The van der Waals surface area contributed by atoms with E-state index in [1.807, 2.05) is 20.8 Å². The first kappa shape index (κ1) is 18.7. The average molecular weight is 425 g/mol. The molecule has 0 aliphatic carbocycles. The summed E-state index contributed by atoms with van der Waals surface area (Å²) in [5.41, 5.74) is -0.563. The van der Waals surface area contributed by atoms with Crippen LogP contribution in [0, 0.1) is 0 Å². The van der Waals surface area contributed by atoms with Crippen LogP contribution in [-0.2, 0) is 14.8 Å². The van der Waals surface area contributed by atoms with Gasteiger partial charge in [0.25, 0.3) is 0 Å². The molecule has 23 heavy (non-hydrogen) atoms. The van der Waals surface area contributed by atoms with Crippen LogP contribution in [0.25, 0.3) is 0 Å². The Labute approximate surface area is 149 Å². The lowest BCUT2D eigenvalue weighted by Crippen LogP contribution is -2.45. The minimum Gasteiger partial charge on any atom is -0.444 e. The number of hydrogen-bond donors (Lipinski definition) is 1. The van der Waals surface area contributed by atoms with E-state index in [1.54, 1.807) is 17.0 Å². The maximum absolute atomic E-state index is 12.3. The summed E-state index contributed by atoms with van der Waals surface area (Å²) >= 11 is 4.41. The third-order valence-electron chi connectivity index (χ3n) is 3.33. The second-order valence-corrected chi connectivity index (χ2v) is 10.8. The van der Waals surface area contributed by atoms with Crippen LogP contribution in [0.2, 0.25) is 0 Å². The Morgan fingerprint density at radius 1 is 1.48 bits per heavy atom. The fraction of sp³-hybridized carbons (Fsp3) is 0.643. The molecule has 0 radical (unpaired) electrons. The molecule has 1 aromatic heterocycles. The molecule has 1 aromatic rings. The number of rotatable bonds is 4. The lowest BCUT2D eigenvalue weighted by atomic mass is 10.2. The molecule has 2 rings (SSSR count). The first-order chi connectivity index (χ1) is 10.6. The van der Waals surface area contributed by atoms with Crippen LogP contribution in [0.4, 0.5) is 4.79 Å². The molecule has 0 saturated carbocycles. The van der Waals surface area contributed by atoms with Crippen molar-refractivity contribution >= 4 is 43.4 Å². The molecule has 0 aromatic carbocycles. The lowest BCUT2D eigenvalue weighted by molar-refractivity contribution is 0.0229. The number of nitrogens with zero attached hydrogens (tertiary/aromatic N) is 1. The van der Waals surface area contributed by atoms with Crippen LogP contribution in [-0.4, -0.2) is 44.1 Å². The zero-order valence-electron chi connectivity index (χ0n) is 13.3. The van der Waals surface area contributed by atoms with Gasteiger partial charge in [-0.05, 0) is 61.7 Å². The number of sulfonamides is 1.